The van der Waals surface area contributed by atoms with E-state index in [4.69, 9.17) is 0 Å². The monoisotopic (exact) mass is 368 g/mol. The standard InChI is InChI=1S/C25H40N2/c1-3-5-7-20-8-10-21(11-9-20)12-13-22-14-16-24(17-15-22)25-26-18-23(6-4-2)19-27-25/h12-13,18-22,24H,3-11,14-17H2,1-2H3/b13-12+. The van der Waals surface area contributed by atoms with E-state index in [1.54, 1.807) is 0 Å². The van der Waals surface area contributed by atoms with Crippen molar-refractivity contribution in [2.45, 2.75) is 103 Å². The molecule has 1 heterocycles. The zero-order valence-electron chi connectivity index (χ0n) is 17.7. The van der Waals surface area contributed by atoms with E-state index in [1.165, 1.54) is 82.6 Å². The average molecular weight is 369 g/mol. The summed E-state index contributed by atoms with van der Waals surface area (Å²) in [6.07, 6.45) is 26.7. The van der Waals surface area contributed by atoms with Crippen LogP contribution in [-0.2, 0) is 6.42 Å². The third-order valence-electron chi connectivity index (χ3n) is 6.91. The Hall–Kier alpha value is -1.18. The molecule has 1 aromatic rings. The summed E-state index contributed by atoms with van der Waals surface area (Å²) in [6.45, 7) is 4.53. The summed E-state index contributed by atoms with van der Waals surface area (Å²) in [6, 6.07) is 0. The fourth-order valence-corrected chi connectivity index (χ4v) is 5.04. The van der Waals surface area contributed by atoms with Crippen molar-refractivity contribution < 1.29 is 0 Å². The molecule has 0 saturated heterocycles. The van der Waals surface area contributed by atoms with Crippen LogP contribution in [0.1, 0.15) is 108 Å². The number of unbranched alkanes of at least 4 members (excludes halogenated alkanes) is 1. The van der Waals surface area contributed by atoms with Gasteiger partial charge in [-0.25, -0.2) is 9.97 Å². The summed E-state index contributed by atoms with van der Waals surface area (Å²) in [5.74, 6) is 4.34. The van der Waals surface area contributed by atoms with Crippen LogP contribution < -0.4 is 0 Å². The predicted molar refractivity (Wildman–Crippen MR) is 115 cm³/mol. The summed E-state index contributed by atoms with van der Waals surface area (Å²) >= 11 is 0. The van der Waals surface area contributed by atoms with Gasteiger partial charge in [0.25, 0.3) is 0 Å². The first-order chi connectivity index (χ1) is 13.3. The smallest absolute Gasteiger partial charge is 0.131 e. The Morgan fingerprint density at radius 2 is 1.41 bits per heavy atom. The fraction of sp³-hybridized carbons (Fsp3) is 0.760. The van der Waals surface area contributed by atoms with Crippen LogP contribution in [0.3, 0.4) is 0 Å². The number of allylic oxidation sites excluding steroid dienone is 2. The molecule has 3 rings (SSSR count). The van der Waals surface area contributed by atoms with Gasteiger partial charge < -0.3 is 0 Å². The molecule has 2 heteroatoms. The van der Waals surface area contributed by atoms with Crippen molar-refractivity contribution in [3.05, 3.63) is 35.9 Å². The first-order valence-electron chi connectivity index (χ1n) is 11.8. The van der Waals surface area contributed by atoms with Gasteiger partial charge in [0.15, 0.2) is 0 Å². The van der Waals surface area contributed by atoms with Gasteiger partial charge in [0.1, 0.15) is 5.82 Å². The second kappa shape index (κ2) is 11.0. The fourth-order valence-electron chi connectivity index (χ4n) is 5.04. The molecule has 0 unspecified atom stereocenters. The topological polar surface area (TPSA) is 25.8 Å². The molecule has 2 fully saturated rings. The quantitative estimate of drug-likeness (QED) is 0.451. The molecule has 0 radical (unpaired) electrons. The van der Waals surface area contributed by atoms with Crippen molar-refractivity contribution in [3.63, 3.8) is 0 Å². The molecule has 1 aromatic heterocycles. The first-order valence-corrected chi connectivity index (χ1v) is 11.8. The maximum absolute atomic E-state index is 4.66. The van der Waals surface area contributed by atoms with Gasteiger partial charge in [0.2, 0.25) is 0 Å². The molecule has 0 amide bonds. The lowest BCUT2D eigenvalue weighted by Crippen LogP contribution is -2.15. The van der Waals surface area contributed by atoms with Gasteiger partial charge in [0.05, 0.1) is 0 Å². The van der Waals surface area contributed by atoms with Crippen LogP contribution in [0.25, 0.3) is 0 Å². The Morgan fingerprint density at radius 3 is 1.96 bits per heavy atom. The van der Waals surface area contributed by atoms with E-state index in [0.29, 0.717) is 5.92 Å². The molecule has 2 aliphatic rings. The minimum absolute atomic E-state index is 0.583. The predicted octanol–water partition coefficient (Wildman–Crippen LogP) is 7.26. The van der Waals surface area contributed by atoms with Gasteiger partial charge in [0, 0.05) is 18.3 Å². The van der Waals surface area contributed by atoms with Crippen LogP contribution in [0.15, 0.2) is 24.5 Å². The Kier molecular flexibility index (Phi) is 8.35. The number of hydrogen-bond acceptors (Lipinski definition) is 2. The number of aryl methyl sites for hydroxylation is 1. The lowest BCUT2D eigenvalue weighted by Gasteiger charge is -2.28. The molecule has 2 aliphatic carbocycles. The molecule has 0 atom stereocenters. The second-order valence-corrected chi connectivity index (χ2v) is 9.12. The van der Waals surface area contributed by atoms with Crippen molar-refractivity contribution in [1.29, 1.82) is 0 Å². The van der Waals surface area contributed by atoms with Crippen LogP contribution >= 0.6 is 0 Å². The van der Waals surface area contributed by atoms with Crippen molar-refractivity contribution in [1.82, 2.24) is 9.97 Å². The third kappa shape index (κ3) is 6.43. The van der Waals surface area contributed by atoms with Gasteiger partial charge in [-0.15, -0.1) is 0 Å². The number of aromatic nitrogens is 2. The van der Waals surface area contributed by atoms with Crippen LogP contribution in [-0.4, -0.2) is 9.97 Å². The molecule has 0 aromatic carbocycles. The van der Waals surface area contributed by atoms with Crippen LogP contribution in [0.4, 0.5) is 0 Å². The van der Waals surface area contributed by atoms with E-state index in [1.807, 2.05) is 0 Å². The Morgan fingerprint density at radius 1 is 0.815 bits per heavy atom. The van der Waals surface area contributed by atoms with Crippen LogP contribution in [0.2, 0.25) is 0 Å². The summed E-state index contributed by atoms with van der Waals surface area (Å²) in [7, 11) is 0. The third-order valence-corrected chi connectivity index (χ3v) is 6.91. The normalized spacial score (nSPS) is 29.3. The van der Waals surface area contributed by atoms with E-state index in [-0.39, 0.29) is 0 Å². The summed E-state index contributed by atoms with van der Waals surface area (Å²) in [5.41, 5.74) is 1.28. The lowest BCUT2D eigenvalue weighted by molar-refractivity contribution is 0.289. The largest absolute Gasteiger partial charge is 0.241 e. The average Bonchev–Trinajstić information content (AvgIpc) is 2.73. The lowest BCUT2D eigenvalue weighted by atomic mass is 9.78. The number of hydrogen-bond donors (Lipinski definition) is 0. The van der Waals surface area contributed by atoms with E-state index in [9.17, 15) is 0 Å². The van der Waals surface area contributed by atoms with Gasteiger partial charge in [-0.1, -0.05) is 51.7 Å². The van der Waals surface area contributed by atoms with Crippen molar-refractivity contribution >= 4 is 0 Å². The molecule has 2 nitrogen and oxygen atoms in total. The van der Waals surface area contributed by atoms with Crippen LogP contribution in [0, 0.1) is 17.8 Å². The number of nitrogens with zero attached hydrogens (tertiary/aromatic N) is 2. The zero-order chi connectivity index (χ0) is 18.9. The number of rotatable bonds is 8. The molecular weight excluding hydrogens is 328 g/mol. The minimum Gasteiger partial charge on any atom is -0.241 e. The molecule has 2 saturated carbocycles. The highest BCUT2D eigenvalue weighted by atomic mass is 14.9. The van der Waals surface area contributed by atoms with Gasteiger partial charge in [-0.3, -0.25) is 0 Å². The second-order valence-electron chi connectivity index (χ2n) is 9.12. The Balaban J connectivity index is 1.38. The van der Waals surface area contributed by atoms with Crippen molar-refractivity contribution in [3.8, 4) is 0 Å². The highest BCUT2D eigenvalue weighted by Crippen LogP contribution is 2.36. The minimum atomic E-state index is 0.583. The van der Waals surface area contributed by atoms with Crippen molar-refractivity contribution in [2.24, 2.45) is 17.8 Å². The highest BCUT2D eigenvalue weighted by molar-refractivity contribution is 5.09. The maximum atomic E-state index is 4.66. The molecule has 0 aliphatic heterocycles. The summed E-state index contributed by atoms with van der Waals surface area (Å²) < 4.78 is 0. The maximum Gasteiger partial charge on any atom is 0.131 e. The van der Waals surface area contributed by atoms with E-state index in [2.05, 4.69) is 48.4 Å². The zero-order valence-corrected chi connectivity index (χ0v) is 17.7. The summed E-state index contributed by atoms with van der Waals surface area (Å²) in [5, 5.41) is 0. The summed E-state index contributed by atoms with van der Waals surface area (Å²) in [4.78, 5) is 9.33. The molecule has 0 spiro atoms. The molecule has 150 valence electrons. The SMILES string of the molecule is CCCCC1CCC(/C=C/C2CCC(c3ncc(CCC)cn3)CC2)CC1. The van der Waals surface area contributed by atoms with Gasteiger partial charge in [-0.2, -0.15) is 0 Å². The first kappa shape index (κ1) is 20.6. The van der Waals surface area contributed by atoms with Gasteiger partial charge >= 0.3 is 0 Å². The van der Waals surface area contributed by atoms with Crippen LogP contribution in [0.5, 0.6) is 0 Å². The van der Waals surface area contributed by atoms with E-state index >= 15 is 0 Å². The molecule has 0 bridgehead atoms. The Labute approximate surface area is 167 Å². The molecule has 0 N–H and O–H groups in total. The molecular formula is C25H40N2. The van der Waals surface area contributed by atoms with Crippen molar-refractivity contribution in [2.75, 3.05) is 0 Å². The molecule has 27 heavy (non-hydrogen) atoms. The van der Waals surface area contributed by atoms with E-state index < -0.39 is 0 Å². The highest BCUT2D eigenvalue weighted by Gasteiger charge is 2.24. The Bertz CT molecular complexity index is 546. The van der Waals surface area contributed by atoms with E-state index in [0.717, 1.165) is 30.0 Å². The van der Waals surface area contributed by atoms with Gasteiger partial charge in [-0.05, 0) is 81.1 Å².